The molecule has 2 atom stereocenters. The summed E-state index contributed by atoms with van der Waals surface area (Å²) in [6.45, 7) is 3.94. The number of rotatable bonds is 6. The molecule has 2 N–H and O–H groups in total. The molecule has 0 fully saturated rings. The summed E-state index contributed by atoms with van der Waals surface area (Å²) < 4.78 is 6.96. The van der Waals surface area contributed by atoms with Gasteiger partial charge in [0.05, 0.1) is 6.04 Å². The molecule has 130 valence electrons. The van der Waals surface area contributed by atoms with Gasteiger partial charge in [-0.2, -0.15) is 5.10 Å². The fourth-order valence-corrected chi connectivity index (χ4v) is 3.64. The molecule has 3 heterocycles. The minimum absolute atomic E-state index is 0.103. The first-order chi connectivity index (χ1) is 11.7. The Morgan fingerprint density at radius 2 is 2.46 bits per heavy atom. The van der Waals surface area contributed by atoms with Gasteiger partial charge in [0, 0.05) is 31.0 Å². The fraction of sp³-hybridized carbons (Fsp3) is 0.562. The van der Waals surface area contributed by atoms with E-state index in [1.807, 2.05) is 10.7 Å². The summed E-state index contributed by atoms with van der Waals surface area (Å²) in [4.78, 5) is 18.0. The maximum absolute atomic E-state index is 12.2. The van der Waals surface area contributed by atoms with Gasteiger partial charge in [0.15, 0.2) is 5.82 Å². The molecule has 8 heteroatoms. The first kappa shape index (κ1) is 16.9. The highest BCUT2D eigenvalue weighted by Crippen LogP contribution is 2.23. The van der Waals surface area contributed by atoms with Crippen LogP contribution in [0.25, 0.3) is 0 Å². The Kier molecular flexibility index (Phi) is 5.47. The summed E-state index contributed by atoms with van der Waals surface area (Å²) in [7, 11) is 1.62. The van der Waals surface area contributed by atoms with Gasteiger partial charge in [0.1, 0.15) is 12.4 Å². The SMILES string of the molecule is COCc1nc2n(n1)CCC[C@@H]2NC(=O)NC[C@@H](C)c1cccs1. The number of fused-ring (bicyclic) bond motifs is 1. The molecule has 0 radical (unpaired) electrons. The molecule has 1 aliphatic heterocycles. The molecule has 0 saturated carbocycles. The van der Waals surface area contributed by atoms with Gasteiger partial charge in [-0.1, -0.05) is 13.0 Å². The van der Waals surface area contributed by atoms with Crippen LogP contribution in [-0.2, 0) is 17.9 Å². The number of hydrogen-bond donors (Lipinski definition) is 2. The number of urea groups is 1. The number of nitrogens with one attached hydrogen (secondary N) is 2. The van der Waals surface area contributed by atoms with Gasteiger partial charge >= 0.3 is 6.03 Å². The van der Waals surface area contributed by atoms with Crippen LogP contribution in [0.15, 0.2) is 17.5 Å². The largest absolute Gasteiger partial charge is 0.377 e. The van der Waals surface area contributed by atoms with Gasteiger partial charge in [-0.3, -0.25) is 0 Å². The first-order valence-corrected chi connectivity index (χ1v) is 9.05. The molecular formula is C16H23N5O2S. The number of amides is 2. The summed E-state index contributed by atoms with van der Waals surface area (Å²) in [5, 5.41) is 12.4. The van der Waals surface area contributed by atoms with Crippen LogP contribution in [0.3, 0.4) is 0 Å². The molecule has 3 rings (SSSR count). The topological polar surface area (TPSA) is 81.1 Å². The molecule has 0 aromatic carbocycles. The van der Waals surface area contributed by atoms with E-state index in [4.69, 9.17) is 4.74 Å². The number of thiophene rings is 1. The van der Waals surface area contributed by atoms with Crippen molar-refractivity contribution in [2.45, 2.75) is 44.9 Å². The van der Waals surface area contributed by atoms with Crippen molar-refractivity contribution >= 4 is 17.4 Å². The lowest BCUT2D eigenvalue weighted by Gasteiger charge is -2.23. The van der Waals surface area contributed by atoms with Crippen molar-refractivity contribution in [3.05, 3.63) is 34.0 Å². The molecule has 2 aromatic heterocycles. The zero-order valence-corrected chi connectivity index (χ0v) is 14.8. The molecule has 0 spiro atoms. The van der Waals surface area contributed by atoms with Crippen molar-refractivity contribution in [3.8, 4) is 0 Å². The van der Waals surface area contributed by atoms with E-state index in [1.165, 1.54) is 4.88 Å². The zero-order chi connectivity index (χ0) is 16.9. The number of ether oxygens (including phenoxy) is 1. The molecule has 0 bridgehead atoms. The summed E-state index contributed by atoms with van der Waals surface area (Å²) in [5.41, 5.74) is 0. The van der Waals surface area contributed by atoms with Crippen molar-refractivity contribution in [2.24, 2.45) is 0 Å². The molecule has 0 aliphatic carbocycles. The fourth-order valence-electron chi connectivity index (χ4n) is 2.85. The highest BCUT2D eigenvalue weighted by molar-refractivity contribution is 7.10. The Balaban J connectivity index is 1.55. The van der Waals surface area contributed by atoms with E-state index in [0.29, 0.717) is 24.9 Å². The third-order valence-corrected chi connectivity index (χ3v) is 5.20. The minimum Gasteiger partial charge on any atom is -0.377 e. The van der Waals surface area contributed by atoms with E-state index in [9.17, 15) is 4.79 Å². The second-order valence-electron chi connectivity index (χ2n) is 6.01. The number of aryl methyl sites for hydroxylation is 1. The van der Waals surface area contributed by atoms with Crippen LogP contribution in [0.2, 0.25) is 0 Å². The number of aromatic nitrogens is 3. The lowest BCUT2D eigenvalue weighted by Crippen LogP contribution is -2.41. The van der Waals surface area contributed by atoms with Gasteiger partial charge in [0.25, 0.3) is 0 Å². The average molecular weight is 349 g/mol. The predicted molar refractivity (Wildman–Crippen MR) is 92.0 cm³/mol. The molecule has 2 amide bonds. The Hall–Kier alpha value is -1.93. The zero-order valence-electron chi connectivity index (χ0n) is 14.0. The van der Waals surface area contributed by atoms with Crippen LogP contribution in [0, 0.1) is 0 Å². The Morgan fingerprint density at radius 1 is 1.58 bits per heavy atom. The molecule has 2 aromatic rings. The molecule has 0 unspecified atom stereocenters. The molecular weight excluding hydrogens is 326 g/mol. The van der Waals surface area contributed by atoms with E-state index < -0.39 is 0 Å². The Bertz CT molecular complexity index is 670. The van der Waals surface area contributed by atoms with E-state index in [0.717, 1.165) is 25.2 Å². The number of methoxy groups -OCH3 is 1. The number of carbonyl (C=O) groups is 1. The summed E-state index contributed by atoms with van der Waals surface area (Å²) in [6, 6.07) is 3.86. The molecule has 24 heavy (non-hydrogen) atoms. The van der Waals surface area contributed by atoms with Gasteiger partial charge in [-0.15, -0.1) is 11.3 Å². The number of nitrogens with zero attached hydrogens (tertiary/aromatic N) is 3. The van der Waals surface area contributed by atoms with Crippen molar-refractivity contribution in [3.63, 3.8) is 0 Å². The second-order valence-corrected chi connectivity index (χ2v) is 6.99. The van der Waals surface area contributed by atoms with Crippen molar-refractivity contribution < 1.29 is 9.53 Å². The standard InChI is InChI=1S/C16H23N5O2S/c1-11(13-6-4-8-24-13)9-17-16(22)18-12-5-3-7-21-15(12)19-14(20-21)10-23-2/h4,6,8,11-12H,3,5,7,9-10H2,1-2H3,(H2,17,18,22)/t11-,12+/m1/s1. The van der Waals surface area contributed by atoms with Crippen molar-refractivity contribution in [1.82, 2.24) is 25.4 Å². The number of carbonyl (C=O) groups excluding carboxylic acids is 1. The summed E-state index contributed by atoms with van der Waals surface area (Å²) in [6.07, 6.45) is 1.85. The smallest absolute Gasteiger partial charge is 0.315 e. The van der Waals surface area contributed by atoms with Crippen LogP contribution < -0.4 is 10.6 Å². The molecule has 7 nitrogen and oxygen atoms in total. The lowest BCUT2D eigenvalue weighted by atomic mass is 10.1. The van der Waals surface area contributed by atoms with Crippen molar-refractivity contribution in [1.29, 1.82) is 0 Å². The molecule has 1 aliphatic rings. The van der Waals surface area contributed by atoms with Gasteiger partial charge in [-0.05, 0) is 24.3 Å². The summed E-state index contributed by atoms with van der Waals surface area (Å²) >= 11 is 1.71. The second kappa shape index (κ2) is 7.76. The number of hydrogen-bond acceptors (Lipinski definition) is 5. The lowest BCUT2D eigenvalue weighted by molar-refractivity contribution is 0.177. The average Bonchev–Trinajstić information content (AvgIpc) is 3.22. The summed E-state index contributed by atoms with van der Waals surface area (Å²) in [5.74, 6) is 1.78. The van der Waals surface area contributed by atoms with E-state index in [-0.39, 0.29) is 12.1 Å². The van der Waals surface area contributed by atoms with Gasteiger partial charge in [-0.25, -0.2) is 14.5 Å². The van der Waals surface area contributed by atoms with Crippen LogP contribution in [0.4, 0.5) is 4.79 Å². The van der Waals surface area contributed by atoms with Gasteiger partial charge in [0.2, 0.25) is 0 Å². The highest BCUT2D eigenvalue weighted by atomic mass is 32.1. The first-order valence-electron chi connectivity index (χ1n) is 8.17. The third kappa shape index (κ3) is 3.93. The van der Waals surface area contributed by atoms with Crippen molar-refractivity contribution in [2.75, 3.05) is 13.7 Å². The molecule has 0 saturated heterocycles. The van der Waals surface area contributed by atoms with Gasteiger partial charge < -0.3 is 15.4 Å². The quantitative estimate of drug-likeness (QED) is 0.839. The van der Waals surface area contributed by atoms with E-state index in [2.05, 4.69) is 39.1 Å². The maximum Gasteiger partial charge on any atom is 0.315 e. The monoisotopic (exact) mass is 349 g/mol. The maximum atomic E-state index is 12.2. The van der Waals surface area contributed by atoms with Crippen LogP contribution >= 0.6 is 11.3 Å². The Morgan fingerprint density at radius 3 is 3.21 bits per heavy atom. The van der Waals surface area contributed by atoms with Crippen LogP contribution in [0.1, 0.15) is 48.3 Å². The Labute approximate surface area is 145 Å². The normalized spacial score (nSPS) is 18.0. The van der Waals surface area contributed by atoms with Crippen LogP contribution in [-0.4, -0.2) is 34.5 Å². The third-order valence-electron chi connectivity index (χ3n) is 4.10. The van der Waals surface area contributed by atoms with E-state index >= 15 is 0 Å². The van der Waals surface area contributed by atoms with E-state index in [1.54, 1.807) is 18.4 Å². The minimum atomic E-state index is -0.159. The van der Waals surface area contributed by atoms with Crippen LogP contribution in [0.5, 0.6) is 0 Å². The highest BCUT2D eigenvalue weighted by Gasteiger charge is 2.25. The predicted octanol–water partition coefficient (Wildman–Crippen LogP) is 2.42.